The zero-order valence-corrected chi connectivity index (χ0v) is 16.5. The minimum Gasteiger partial charge on any atom is -0.496 e. The van der Waals surface area contributed by atoms with Gasteiger partial charge in [0, 0.05) is 18.7 Å². The summed E-state index contributed by atoms with van der Waals surface area (Å²) in [6.45, 7) is 8.98. The molecule has 22 heavy (non-hydrogen) atoms. The molecule has 0 aliphatic carbocycles. The molecule has 5 heteroatoms. The summed E-state index contributed by atoms with van der Waals surface area (Å²) in [5, 5.41) is 6.72. The molecule has 4 nitrogen and oxygen atoms in total. The van der Waals surface area contributed by atoms with Crippen LogP contribution in [0.5, 0.6) is 5.75 Å². The van der Waals surface area contributed by atoms with E-state index in [9.17, 15) is 0 Å². The van der Waals surface area contributed by atoms with Crippen LogP contribution < -0.4 is 15.4 Å². The lowest BCUT2D eigenvalue weighted by molar-refractivity contribution is 0.410. The summed E-state index contributed by atoms with van der Waals surface area (Å²) in [6.07, 6.45) is 2.38. The zero-order valence-electron chi connectivity index (χ0n) is 14.2. The zero-order chi connectivity index (χ0) is 15.5. The second-order valence-corrected chi connectivity index (χ2v) is 5.07. The summed E-state index contributed by atoms with van der Waals surface area (Å²) in [5.74, 6) is 2.45. The van der Waals surface area contributed by atoms with Crippen LogP contribution in [-0.4, -0.2) is 26.2 Å². The van der Waals surface area contributed by atoms with Crippen LogP contribution in [-0.2, 0) is 6.54 Å². The van der Waals surface area contributed by atoms with Crippen LogP contribution in [0.3, 0.4) is 0 Å². The van der Waals surface area contributed by atoms with E-state index in [0.717, 1.165) is 30.4 Å². The Morgan fingerprint density at radius 3 is 2.41 bits per heavy atom. The first kappa shape index (κ1) is 21.0. The monoisotopic (exact) mass is 419 g/mol. The van der Waals surface area contributed by atoms with Gasteiger partial charge in [0.05, 0.1) is 13.7 Å². The minimum absolute atomic E-state index is 0. The van der Waals surface area contributed by atoms with Gasteiger partial charge in [0.1, 0.15) is 5.75 Å². The molecule has 1 rings (SSSR count). The van der Waals surface area contributed by atoms with Gasteiger partial charge in [-0.05, 0) is 18.9 Å². The molecule has 1 aromatic carbocycles. The molecule has 0 unspecified atom stereocenters. The fourth-order valence-electron chi connectivity index (χ4n) is 2.16. The average Bonchev–Trinajstić information content (AvgIpc) is 2.53. The summed E-state index contributed by atoms with van der Waals surface area (Å²) in [5.41, 5.74) is 1.10. The third kappa shape index (κ3) is 7.33. The molecule has 0 aliphatic heterocycles. The Hall–Kier alpha value is -0.980. The number of ether oxygens (including phenoxy) is 1. The minimum atomic E-state index is 0. The maximum atomic E-state index is 5.36. The number of nitrogens with one attached hydrogen (secondary N) is 2. The van der Waals surface area contributed by atoms with E-state index in [-0.39, 0.29) is 24.0 Å². The van der Waals surface area contributed by atoms with Gasteiger partial charge in [-0.1, -0.05) is 44.9 Å². The molecule has 0 heterocycles. The standard InChI is InChI=1S/C17H29N3O.HI/c1-5-14(6-2)12-19-17(18-7-3)20-13-15-10-8-9-11-16(15)21-4;/h8-11,14H,5-7,12-13H2,1-4H3,(H2,18,19,20);1H. The van der Waals surface area contributed by atoms with E-state index in [2.05, 4.69) is 36.4 Å². The van der Waals surface area contributed by atoms with Gasteiger partial charge in [-0.3, -0.25) is 0 Å². The maximum absolute atomic E-state index is 5.36. The normalized spacial score (nSPS) is 11.0. The van der Waals surface area contributed by atoms with Gasteiger partial charge in [0.25, 0.3) is 0 Å². The highest BCUT2D eigenvalue weighted by molar-refractivity contribution is 14.0. The first-order valence-corrected chi connectivity index (χ1v) is 7.89. The van der Waals surface area contributed by atoms with E-state index >= 15 is 0 Å². The van der Waals surface area contributed by atoms with Crippen molar-refractivity contribution in [1.82, 2.24) is 10.6 Å². The van der Waals surface area contributed by atoms with Gasteiger partial charge < -0.3 is 15.4 Å². The highest BCUT2D eigenvalue weighted by atomic mass is 127. The molecule has 0 radical (unpaired) electrons. The molecule has 126 valence electrons. The number of para-hydroxylation sites is 1. The molecule has 0 amide bonds. The second-order valence-electron chi connectivity index (χ2n) is 5.07. The third-order valence-electron chi connectivity index (χ3n) is 3.66. The Morgan fingerprint density at radius 1 is 1.14 bits per heavy atom. The van der Waals surface area contributed by atoms with Crippen molar-refractivity contribution in [3.8, 4) is 5.75 Å². The SMILES string of the molecule is CCNC(=NCc1ccccc1OC)NCC(CC)CC.I. The Kier molecular flexibility index (Phi) is 12.0. The molecule has 1 aromatic rings. The predicted molar refractivity (Wildman–Crippen MR) is 105 cm³/mol. The predicted octanol–water partition coefficient (Wildman–Crippen LogP) is 3.80. The molecular formula is C17H30IN3O. The van der Waals surface area contributed by atoms with Crippen LogP contribution in [0.2, 0.25) is 0 Å². The number of hydrogen-bond acceptors (Lipinski definition) is 2. The number of aliphatic imine (C=N–C) groups is 1. The Labute approximate surface area is 152 Å². The highest BCUT2D eigenvalue weighted by Crippen LogP contribution is 2.17. The van der Waals surface area contributed by atoms with Crippen LogP contribution in [0.15, 0.2) is 29.3 Å². The van der Waals surface area contributed by atoms with E-state index in [4.69, 9.17) is 4.74 Å². The number of hydrogen-bond donors (Lipinski definition) is 2. The molecule has 0 saturated carbocycles. The molecule has 0 fully saturated rings. The van der Waals surface area contributed by atoms with Crippen molar-refractivity contribution < 1.29 is 4.74 Å². The lowest BCUT2D eigenvalue weighted by Crippen LogP contribution is -2.39. The van der Waals surface area contributed by atoms with Gasteiger partial charge in [-0.25, -0.2) is 4.99 Å². The van der Waals surface area contributed by atoms with Gasteiger partial charge in [-0.2, -0.15) is 0 Å². The van der Waals surface area contributed by atoms with Crippen LogP contribution >= 0.6 is 24.0 Å². The number of methoxy groups -OCH3 is 1. The summed E-state index contributed by atoms with van der Waals surface area (Å²) in [7, 11) is 1.69. The summed E-state index contributed by atoms with van der Waals surface area (Å²) >= 11 is 0. The van der Waals surface area contributed by atoms with E-state index in [1.807, 2.05) is 24.3 Å². The van der Waals surface area contributed by atoms with Gasteiger partial charge in [-0.15, -0.1) is 24.0 Å². The summed E-state index contributed by atoms with van der Waals surface area (Å²) < 4.78 is 5.36. The molecule has 0 saturated heterocycles. The van der Waals surface area contributed by atoms with Crippen molar-refractivity contribution in [2.24, 2.45) is 10.9 Å². The highest BCUT2D eigenvalue weighted by Gasteiger charge is 2.05. The largest absolute Gasteiger partial charge is 0.496 e. The Bertz CT molecular complexity index is 434. The van der Waals surface area contributed by atoms with Gasteiger partial charge >= 0.3 is 0 Å². The molecule has 0 bridgehead atoms. The van der Waals surface area contributed by atoms with Crippen LogP contribution in [0.1, 0.15) is 39.2 Å². The number of benzene rings is 1. The van der Waals surface area contributed by atoms with E-state index in [1.165, 1.54) is 12.8 Å². The maximum Gasteiger partial charge on any atom is 0.191 e. The van der Waals surface area contributed by atoms with Crippen molar-refractivity contribution in [3.05, 3.63) is 29.8 Å². The fraction of sp³-hybridized carbons (Fsp3) is 0.588. The van der Waals surface area contributed by atoms with E-state index < -0.39 is 0 Å². The molecular weight excluding hydrogens is 389 g/mol. The summed E-state index contributed by atoms with van der Waals surface area (Å²) in [6, 6.07) is 8.00. The van der Waals surface area contributed by atoms with Gasteiger partial charge in [0.2, 0.25) is 0 Å². The molecule has 0 aliphatic rings. The van der Waals surface area contributed by atoms with Crippen LogP contribution in [0, 0.1) is 5.92 Å². The molecule has 0 atom stereocenters. The molecule has 2 N–H and O–H groups in total. The molecule has 0 spiro atoms. The smallest absolute Gasteiger partial charge is 0.191 e. The third-order valence-corrected chi connectivity index (χ3v) is 3.66. The van der Waals surface area contributed by atoms with Crippen molar-refractivity contribution >= 4 is 29.9 Å². The Morgan fingerprint density at radius 2 is 1.82 bits per heavy atom. The number of rotatable bonds is 8. The van der Waals surface area contributed by atoms with E-state index in [1.54, 1.807) is 7.11 Å². The quantitative estimate of drug-likeness (QED) is 0.383. The van der Waals surface area contributed by atoms with Gasteiger partial charge in [0.15, 0.2) is 5.96 Å². The lowest BCUT2D eigenvalue weighted by Gasteiger charge is -2.16. The summed E-state index contributed by atoms with van der Waals surface area (Å²) in [4.78, 5) is 4.65. The van der Waals surface area contributed by atoms with Crippen molar-refractivity contribution in [3.63, 3.8) is 0 Å². The Balaban J connectivity index is 0.00000441. The average molecular weight is 419 g/mol. The van der Waals surface area contributed by atoms with E-state index in [0.29, 0.717) is 12.5 Å². The topological polar surface area (TPSA) is 45.7 Å². The molecule has 0 aromatic heterocycles. The first-order valence-electron chi connectivity index (χ1n) is 7.89. The van der Waals surface area contributed by atoms with Crippen molar-refractivity contribution in [2.45, 2.75) is 40.2 Å². The second kappa shape index (κ2) is 12.6. The fourth-order valence-corrected chi connectivity index (χ4v) is 2.16. The first-order chi connectivity index (χ1) is 10.2. The van der Waals surface area contributed by atoms with Crippen LogP contribution in [0.4, 0.5) is 0 Å². The van der Waals surface area contributed by atoms with Crippen LogP contribution in [0.25, 0.3) is 0 Å². The van der Waals surface area contributed by atoms with Crippen molar-refractivity contribution in [1.29, 1.82) is 0 Å². The van der Waals surface area contributed by atoms with Crippen molar-refractivity contribution in [2.75, 3.05) is 20.2 Å². The number of guanidine groups is 1. The number of halogens is 1. The number of nitrogens with zero attached hydrogens (tertiary/aromatic N) is 1. The lowest BCUT2D eigenvalue weighted by atomic mass is 10.0.